The van der Waals surface area contributed by atoms with Crippen LogP contribution in [0.3, 0.4) is 0 Å². The summed E-state index contributed by atoms with van der Waals surface area (Å²) in [5.41, 5.74) is 2.13. The average molecular weight is 345 g/mol. The van der Waals surface area contributed by atoms with E-state index in [9.17, 15) is 0 Å². The number of aromatic nitrogens is 4. The highest BCUT2D eigenvalue weighted by atomic mass is 32.2. The van der Waals surface area contributed by atoms with E-state index in [2.05, 4.69) is 20.6 Å². The molecule has 0 radical (unpaired) electrons. The first-order valence-electron chi connectivity index (χ1n) is 8.49. The number of aryl methyl sites for hydroxylation is 2. The standard InChI is InChI=1S/C17H23N5OS/c1-12-9-13(2)22(21-12)16-4-3-15(19-20-16)18-14-5-7-23-17(10-14)6-8-24-11-17/h3-4,9,14H,5-8,10-11H2,1-2H3,(H,18,19)/t14-,17+/m0/s1. The molecule has 0 bridgehead atoms. The molecule has 0 saturated carbocycles. The zero-order chi connectivity index (χ0) is 16.6. The minimum atomic E-state index is 0.0810. The Morgan fingerprint density at radius 3 is 2.92 bits per heavy atom. The molecule has 1 spiro atoms. The second-order valence-electron chi connectivity index (χ2n) is 6.78. The lowest BCUT2D eigenvalue weighted by atomic mass is 9.90. The summed E-state index contributed by atoms with van der Waals surface area (Å²) in [6.45, 7) is 4.83. The van der Waals surface area contributed by atoms with E-state index >= 15 is 0 Å². The maximum Gasteiger partial charge on any atom is 0.176 e. The molecule has 2 aliphatic rings. The first kappa shape index (κ1) is 15.9. The smallest absolute Gasteiger partial charge is 0.176 e. The van der Waals surface area contributed by atoms with Gasteiger partial charge in [-0.15, -0.1) is 10.2 Å². The van der Waals surface area contributed by atoms with Gasteiger partial charge in [0.15, 0.2) is 5.82 Å². The van der Waals surface area contributed by atoms with Gasteiger partial charge in [-0.2, -0.15) is 16.9 Å². The highest BCUT2D eigenvalue weighted by molar-refractivity contribution is 7.99. The molecule has 0 unspecified atom stereocenters. The molecule has 0 aromatic carbocycles. The SMILES string of the molecule is Cc1cc(C)n(-c2ccc(N[C@H]3CCO[C@]4(CCSC4)C3)nn2)n1. The molecule has 2 atom stereocenters. The number of nitrogens with zero attached hydrogens (tertiary/aromatic N) is 4. The number of hydrogen-bond donors (Lipinski definition) is 1. The van der Waals surface area contributed by atoms with Crippen molar-refractivity contribution in [1.82, 2.24) is 20.0 Å². The van der Waals surface area contributed by atoms with Gasteiger partial charge in [0.1, 0.15) is 5.82 Å². The largest absolute Gasteiger partial charge is 0.374 e. The van der Waals surface area contributed by atoms with Crippen molar-refractivity contribution in [2.75, 3.05) is 23.4 Å². The lowest BCUT2D eigenvalue weighted by Crippen LogP contribution is -2.44. The zero-order valence-electron chi connectivity index (χ0n) is 14.2. The molecule has 0 aliphatic carbocycles. The van der Waals surface area contributed by atoms with Crippen molar-refractivity contribution in [2.24, 2.45) is 0 Å². The fourth-order valence-electron chi connectivity index (χ4n) is 3.60. The van der Waals surface area contributed by atoms with Crippen LogP contribution in [-0.4, -0.2) is 49.7 Å². The van der Waals surface area contributed by atoms with Crippen molar-refractivity contribution < 1.29 is 4.74 Å². The average Bonchev–Trinajstić information content (AvgIpc) is 3.15. The van der Waals surface area contributed by atoms with Crippen molar-refractivity contribution in [3.8, 4) is 5.82 Å². The highest BCUT2D eigenvalue weighted by Gasteiger charge is 2.40. The van der Waals surface area contributed by atoms with Crippen molar-refractivity contribution in [3.63, 3.8) is 0 Å². The monoisotopic (exact) mass is 345 g/mol. The van der Waals surface area contributed by atoms with Crippen LogP contribution in [0.1, 0.15) is 30.7 Å². The minimum absolute atomic E-state index is 0.0810. The lowest BCUT2D eigenvalue weighted by Gasteiger charge is -2.38. The van der Waals surface area contributed by atoms with E-state index in [0.29, 0.717) is 6.04 Å². The molecular formula is C17H23N5OS. The van der Waals surface area contributed by atoms with Crippen LogP contribution in [0.5, 0.6) is 0 Å². The van der Waals surface area contributed by atoms with Gasteiger partial charge in [-0.25, -0.2) is 4.68 Å². The normalized spacial score (nSPS) is 26.8. The third-order valence-electron chi connectivity index (χ3n) is 4.79. The highest BCUT2D eigenvalue weighted by Crippen LogP contribution is 2.38. The third kappa shape index (κ3) is 3.15. The lowest BCUT2D eigenvalue weighted by molar-refractivity contribution is -0.0628. The topological polar surface area (TPSA) is 64.9 Å². The second kappa shape index (κ2) is 6.37. The van der Waals surface area contributed by atoms with Crippen LogP contribution >= 0.6 is 11.8 Å². The van der Waals surface area contributed by atoms with E-state index in [1.54, 1.807) is 0 Å². The van der Waals surface area contributed by atoms with Crippen LogP contribution in [-0.2, 0) is 4.74 Å². The summed E-state index contributed by atoms with van der Waals surface area (Å²) < 4.78 is 7.90. The number of thioether (sulfide) groups is 1. The molecule has 2 aromatic heterocycles. The van der Waals surface area contributed by atoms with Crippen LogP contribution in [0.4, 0.5) is 5.82 Å². The maximum absolute atomic E-state index is 6.08. The zero-order valence-corrected chi connectivity index (χ0v) is 15.0. The molecule has 128 valence electrons. The van der Waals surface area contributed by atoms with Gasteiger partial charge in [0.05, 0.1) is 11.3 Å². The van der Waals surface area contributed by atoms with Crippen molar-refractivity contribution in [1.29, 1.82) is 0 Å². The summed E-state index contributed by atoms with van der Waals surface area (Å²) in [5, 5.41) is 16.7. The Morgan fingerprint density at radius 1 is 1.33 bits per heavy atom. The molecule has 2 aromatic rings. The Balaban J connectivity index is 1.44. The summed E-state index contributed by atoms with van der Waals surface area (Å²) in [5.74, 6) is 3.91. The third-order valence-corrected chi connectivity index (χ3v) is 6.01. The Bertz CT molecular complexity index is 708. The van der Waals surface area contributed by atoms with E-state index in [0.717, 1.165) is 48.2 Å². The molecule has 2 aliphatic heterocycles. The van der Waals surface area contributed by atoms with Gasteiger partial charge in [0.2, 0.25) is 0 Å². The number of ether oxygens (including phenoxy) is 1. The van der Waals surface area contributed by atoms with Gasteiger partial charge in [0.25, 0.3) is 0 Å². The summed E-state index contributed by atoms with van der Waals surface area (Å²) in [4.78, 5) is 0. The van der Waals surface area contributed by atoms with Crippen LogP contribution in [0.15, 0.2) is 18.2 Å². The predicted molar refractivity (Wildman–Crippen MR) is 95.9 cm³/mol. The van der Waals surface area contributed by atoms with Crippen LogP contribution < -0.4 is 5.32 Å². The van der Waals surface area contributed by atoms with Crippen molar-refractivity contribution >= 4 is 17.6 Å². The number of nitrogens with one attached hydrogen (secondary N) is 1. The maximum atomic E-state index is 6.08. The number of anilines is 1. The predicted octanol–water partition coefficient (Wildman–Crippen LogP) is 2.75. The van der Waals surface area contributed by atoms with Gasteiger partial charge in [-0.3, -0.25) is 0 Å². The number of hydrogen-bond acceptors (Lipinski definition) is 6. The van der Waals surface area contributed by atoms with E-state index < -0.39 is 0 Å². The van der Waals surface area contributed by atoms with Crippen LogP contribution in [0.2, 0.25) is 0 Å². The fraction of sp³-hybridized carbons (Fsp3) is 0.588. The quantitative estimate of drug-likeness (QED) is 0.923. The Hall–Kier alpha value is -1.60. The molecule has 2 saturated heterocycles. The first-order chi connectivity index (χ1) is 11.6. The summed E-state index contributed by atoms with van der Waals surface area (Å²) in [6, 6.07) is 6.40. The fourth-order valence-corrected chi connectivity index (χ4v) is 4.98. The second-order valence-corrected chi connectivity index (χ2v) is 7.89. The van der Waals surface area contributed by atoms with Gasteiger partial charge in [0, 0.05) is 24.1 Å². The minimum Gasteiger partial charge on any atom is -0.374 e. The summed E-state index contributed by atoms with van der Waals surface area (Å²) in [7, 11) is 0. The molecule has 4 rings (SSSR count). The van der Waals surface area contributed by atoms with E-state index in [-0.39, 0.29) is 5.60 Å². The van der Waals surface area contributed by atoms with E-state index in [4.69, 9.17) is 4.74 Å². The number of rotatable bonds is 3. The summed E-state index contributed by atoms with van der Waals surface area (Å²) in [6.07, 6.45) is 3.24. The van der Waals surface area contributed by atoms with Crippen molar-refractivity contribution in [3.05, 3.63) is 29.6 Å². The molecule has 0 amide bonds. The van der Waals surface area contributed by atoms with Crippen LogP contribution in [0.25, 0.3) is 5.82 Å². The molecule has 2 fully saturated rings. The molecule has 6 nitrogen and oxygen atoms in total. The molecular weight excluding hydrogens is 322 g/mol. The van der Waals surface area contributed by atoms with Gasteiger partial charge < -0.3 is 10.1 Å². The Kier molecular flexibility index (Phi) is 4.22. The van der Waals surface area contributed by atoms with Gasteiger partial charge in [-0.1, -0.05) is 0 Å². The molecule has 24 heavy (non-hydrogen) atoms. The Morgan fingerprint density at radius 2 is 2.25 bits per heavy atom. The van der Waals surface area contributed by atoms with Crippen LogP contribution in [0, 0.1) is 13.8 Å². The molecule has 1 N–H and O–H groups in total. The van der Waals surface area contributed by atoms with E-state index in [1.165, 1.54) is 12.2 Å². The van der Waals surface area contributed by atoms with Gasteiger partial charge in [-0.05, 0) is 57.1 Å². The first-order valence-corrected chi connectivity index (χ1v) is 9.65. The molecule has 7 heteroatoms. The molecule has 4 heterocycles. The van der Waals surface area contributed by atoms with Gasteiger partial charge >= 0.3 is 0 Å². The van der Waals surface area contributed by atoms with Crippen molar-refractivity contribution in [2.45, 2.75) is 44.8 Å². The summed E-state index contributed by atoms with van der Waals surface area (Å²) >= 11 is 2.00. The van der Waals surface area contributed by atoms with E-state index in [1.807, 2.05) is 48.5 Å². The Labute approximate surface area is 146 Å².